The molecule has 3 rings (SSSR count). The van der Waals surface area contributed by atoms with Crippen LogP contribution in [0.3, 0.4) is 0 Å². The molecule has 0 bridgehead atoms. The monoisotopic (exact) mass is 342 g/mol. The van der Waals surface area contributed by atoms with Crippen molar-refractivity contribution < 1.29 is 15.0 Å². The van der Waals surface area contributed by atoms with Gasteiger partial charge in [-0.2, -0.15) is 0 Å². The second-order valence-electron chi connectivity index (χ2n) is 7.14. The van der Waals surface area contributed by atoms with E-state index in [9.17, 15) is 15.0 Å². The molecule has 0 radical (unpaired) electrons. The molecular weight excluding hydrogens is 316 g/mol. The number of pyridine rings is 1. The lowest BCUT2D eigenvalue weighted by Crippen LogP contribution is -2.54. The first kappa shape index (κ1) is 17.8. The number of piperidine rings is 1. The molecule has 0 spiro atoms. The van der Waals surface area contributed by atoms with Crippen molar-refractivity contribution in [3.8, 4) is 0 Å². The highest BCUT2D eigenvalue weighted by Crippen LogP contribution is 2.37. The molecule has 1 aliphatic rings. The number of carboxylic acids is 1. The molecule has 134 valence electrons. The molecule has 0 unspecified atom stereocenters. The van der Waals surface area contributed by atoms with Crippen molar-refractivity contribution >= 4 is 16.9 Å². The molecule has 1 saturated heterocycles. The molecule has 0 amide bonds. The van der Waals surface area contributed by atoms with Crippen LogP contribution in [0.5, 0.6) is 0 Å². The van der Waals surface area contributed by atoms with Crippen LogP contribution in [0.4, 0.5) is 0 Å². The Kier molecular flexibility index (Phi) is 5.06. The van der Waals surface area contributed by atoms with Crippen LogP contribution in [0.1, 0.15) is 37.3 Å². The van der Waals surface area contributed by atoms with Gasteiger partial charge < -0.3 is 10.2 Å². The van der Waals surface area contributed by atoms with Gasteiger partial charge >= 0.3 is 5.97 Å². The third kappa shape index (κ3) is 3.26. The van der Waals surface area contributed by atoms with Crippen molar-refractivity contribution in [2.24, 2.45) is 5.41 Å². The summed E-state index contributed by atoms with van der Waals surface area (Å²) in [6.45, 7) is 5.83. The van der Waals surface area contributed by atoms with E-state index in [4.69, 9.17) is 0 Å². The van der Waals surface area contributed by atoms with Crippen LogP contribution in [-0.4, -0.2) is 45.3 Å². The third-order valence-corrected chi connectivity index (χ3v) is 5.58. The highest BCUT2D eigenvalue weighted by Gasteiger charge is 2.47. The standard InChI is InChI=1S/C20H26N2O3/c1-3-8-20(19(24)25)9-11-22(13-18(20)23)12-16-14(2)6-7-17-15(16)5-4-10-21-17/h4-7,10,18,23H,3,8-9,11-13H2,1-2H3,(H,24,25)/t18-,20-/m0/s1. The summed E-state index contributed by atoms with van der Waals surface area (Å²) in [6.07, 6.45) is 2.72. The van der Waals surface area contributed by atoms with Crippen LogP contribution in [0.25, 0.3) is 10.9 Å². The first-order valence-corrected chi connectivity index (χ1v) is 8.95. The maximum Gasteiger partial charge on any atom is 0.312 e. The van der Waals surface area contributed by atoms with Gasteiger partial charge in [-0.05, 0) is 49.6 Å². The number of carbonyl (C=O) groups is 1. The quantitative estimate of drug-likeness (QED) is 0.874. The summed E-state index contributed by atoms with van der Waals surface area (Å²) >= 11 is 0. The Labute approximate surface area is 148 Å². The van der Waals surface area contributed by atoms with E-state index in [1.807, 2.05) is 19.1 Å². The van der Waals surface area contributed by atoms with Gasteiger partial charge in [-0.15, -0.1) is 0 Å². The van der Waals surface area contributed by atoms with Crippen LogP contribution >= 0.6 is 0 Å². The Morgan fingerprint density at radius 3 is 2.88 bits per heavy atom. The van der Waals surface area contributed by atoms with Gasteiger partial charge in [-0.25, -0.2) is 0 Å². The minimum Gasteiger partial charge on any atom is -0.481 e. The van der Waals surface area contributed by atoms with Gasteiger partial charge in [-0.3, -0.25) is 14.7 Å². The fraction of sp³-hybridized carbons (Fsp3) is 0.500. The number of likely N-dealkylation sites (tertiary alicyclic amines) is 1. The summed E-state index contributed by atoms with van der Waals surface area (Å²) in [5.74, 6) is -0.868. The molecule has 25 heavy (non-hydrogen) atoms. The van der Waals surface area contributed by atoms with Crippen LogP contribution < -0.4 is 0 Å². The number of aliphatic hydroxyl groups is 1. The zero-order valence-corrected chi connectivity index (χ0v) is 14.9. The number of aliphatic carboxylic acids is 1. The first-order chi connectivity index (χ1) is 12.0. The molecule has 5 heteroatoms. The topological polar surface area (TPSA) is 73.7 Å². The number of nitrogens with zero attached hydrogens (tertiary/aromatic N) is 2. The number of aliphatic hydroxyl groups excluding tert-OH is 1. The minimum atomic E-state index is -0.999. The van der Waals surface area contributed by atoms with E-state index in [0.29, 0.717) is 32.5 Å². The Bertz CT molecular complexity index is 777. The van der Waals surface area contributed by atoms with Crippen LogP contribution in [0, 0.1) is 12.3 Å². The van der Waals surface area contributed by atoms with Crippen LogP contribution in [0.2, 0.25) is 0 Å². The largest absolute Gasteiger partial charge is 0.481 e. The number of benzene rings is 1. The van der Waals surface area contributed by atoms with Crippen LogP contribution in [-0.2, 0) is 11.3 Å². The lowest BCUT2D eigenvalue weighted by molar-refractivity contribution is -0.164. The number of rotatable bonds is 5. The molecule has 2 N–H and O–H groups in total. The molecular formula is C20H26N2O3. The Morgan fingerprint density at radius 1 is 1.40 bits per heavy atom. The highest BCUT2D eigenvalue weighted by molar-refractivity contribution is 5.83. The van der Waals surface area contributed by atoms with Gasteiger partial charge in [0, 0.05) is 24.7 Å². The zero-order valence-electron chi connectivity index (χ0n) is 14.9. The predicted molar refractivity (Wildman–Crippen MR) is 97.4 cm³/mol. The fourth-order valence-electron chi connectivity index (χ4n) is 4.03. The van der Waals surface area contributed by atoms with E-state index in [2.05, 4.69) is 28.9 Å². The average molecular weight is 342 g/mol. The number of carboxylic acid groups (broad SMARTS) is 1. The molecule has 0 aliphatic carbocycles. The second kappa shape index (κ2) is 7.10. The number of aryl methyl sites for hydroxylation is 1. The number of hydrogen-bond acceptors (Lipinski definition) is 4. The summed E-state index contributed by atoms with van der Waals surface area (Å²) in [7, 11) is 0. The number of fused-ring (bicyclic) bond motifs is 1. The lowest BCUT2D eigenvalue weighted by atomic mass is 9.72. The van der Waals surface area contributed by atoms with Crippen molar-refractivity contribution in [3.05, 3.63) is 41.6 Å². The van der Waals surface area contributed by atoms with E-state index >= 15 is 0 Å². The maximum absolute atomic E-state index is 11.8. The van der Waals surface area contributed by atoms with Crippen LogP contribution in [0.15, 0.2) is 30.5 Å². The van der Waals surface area contributed by atoms with Gasteiger partial charge in [0.15, 0.2) is 0 Å². The molecule has 1 fully saturated rings. The first-order valence-electron chi connectivity index (χ1n) is 8.95. The molecule has 2 atom stereocenters. The predicted octanol–water partition coefficient (Wildman–Crippen LogP) is 2.98. The Morgan fingerprint density at radius 2 is 2.20 bits per heavy atom. The van der Waals surface area contributed by atoms with Crippen molar-refractivity contribution in [1.82, 2.24) is 9.88 Å². The zero-order chi connectivity index (χ0) is 18.0. The van der Waals surface area contributed by atoms with E-state index in [1.54, 1.807) is 6.20 Å². The average Bonchev–Trinajstić information content (AvgIpc) is 2.60. The van der Waals surface area contributed by atoms with Crippen molar-refractivity contribution in [1.29, 1.82) is 0 Å². The molecule has 1 aliphatic heterocycles. The SMILES string of the molecule is CCC[C@]1(C(=O)O)CCN(Cc2c(C)ccc3ncccc23)C[C@@H]1O. The fourth-order valence-corrected chi connectivity index (χ4v) is 4.03. The summed E-state index contributed by atoms with van der Waals surface area (Å²) in [5.41, 5.74) is 2.36. The van der Waals surface area contributed by atoms with E-state index < -0.39 is 17.5 Å². The van der Waals surface area contributed by atoms with Gasteiger partial charge in [0.2, 0.25) is 0 Å². The van der Waals surface area contributed by atoms with Gasteiger partial charge in [0.1, 0.15) is 0 Å². The highest BCUT2D eigenvalue weighted by atomic mass is 16.4. The number of hydrogen-bond donors (Lipinski definition) is 2. The van der Waals surface area contributed by atoms with Gasteiger partial charge in [0.25, 0.3) is 0 Å². The summed E-state index contributed by atoms with van der Waals surface area (Å²) in [6, 6.07) is 8.11. The van der Waals surface area contributed by atoms with Crippen molar-refractivity contribution in [2.75, 3.05) is 13.1 Å². The molecule has 5 nitrogen and oxygen atoms in total. The van der Waals surface area contributed by atoms with Crippen molar-refractivity contribution in [2.45, 2.75) is 45.8 Å². The third-order valence-electron chi connectivity index (χ3n) is 5.58. The maximum atomic E-state index is 11.8. The van der Waals surface area contributed by atoms with E-state index in [0.717, 1.165) is 17.3 Å². The normalized spacial score (nSPS) is 24.5. The van der Waals surface area contributed by atoms with Gasteiger partial charge in [-0.1, -0.05) is 25.5 Å². The second-order valence-corrected chi connectivity index (χ2v) is 7.14. The van der Waals surface area contributed by atoms with Crippen molar-refractivity contribution in [3.63, 3.8) is 0 Å². The summed E-state index contributed by atoms with van der Waals surface area (Å²) in [4.78, 5) is 18.4. The number of β-amino-alcohol motifs (C(OH)–C–C–N with tert-alkyl or cyclic N) is 1. The molecule has 1 aromatic heterocycles. The smallest absolute Gasteiger partial charge is 0.312 e. The van der Waals surface area contributed by atoms with E-state index in [1.165, 1.54) is 11.1 Å². The summed E-state index contributed by atoms with van der Waals surface area (Å²) in [5, 5.41) is 21.4. The summed E-state index contributed by atoms with van der Waals surface area (Å²) < 4.78 is 0. The Hall–Kier alpha value is -1.98. The minimum absolute atomic E-state index is 0.391. The molecule has 2 heterocycles. The molecule has 1 aromatic carbocycles. The molecule has 0 saturated carbocycles. The molecule has 2 aromatic rings. The van der Waals surface area contributed by atoms with E-state index in [-0.39, 0.29) is 0 Å². The number of aromatic nitrogens is 1. The lowest BCUT2D eigenvalue weighted by Gasteiger charge is -2.43. The van der Waals surface area contributed by atoms with Gasteiger partial charge in [0.05, 0.1) is 17.0 Å². The Balaban J connectivity index is 1.83.